The largest absolute Gasteiger partial charge is 0.481 e. The van der Waals surface area contributed by atoms with Crippen molar-refractivity contribution in [2.45, 2.75) is 40.2 Å². The van der Waals surface area contributed by atoms with Gasteiger partial charge in [0.2, 0.25) is 0 Å². The van der Waals surface area contributed by atoms with Gasteiger partial charge in [0.15, 0.2) is 0 Å². The Bertz CT molecular complexity index is 445. The summed E-state index contributed by atoms with van der Waals surface area (Å²) >= 11 is 0. The molecule has 3 heteroatoms. The summed E-state index contributed by atoms with van der Waals surface area (Å²) in [6.07, 6.45) is 0. The quantitative estimate of drug-likeness (QED) is 0.848. The maximum absolute atomic E-state index is 11.3. The molecule has 0 saturated carbocycles. The van der Waals surface area contributed by atoms with E-state index in [1.54, 1.807) is 13.0 Å². The lowest BCUT2D eigenvalue weighted by Gasteiger charge is -2.38. The molecular weight excluding hydrogens is 216 g/mol. The number of carboxylic acid groups (broad SMARTS) is 1. The number of hydrogen-bond acceptors (Lipinski definition) is 2. The van der Waals surface area contributed by atoms with Crippen molar-refractivity contribution in [1.82, 2.24) is 0 Å². The summed E-state index contributed by atoms with van der Waals surface area (Å²) in [5, 5.41) is 19.8. The Kier molecular flexibility index (Phi) is 3.35. The van der Waals surface area contributed by atoms with Crippen LogP contribution in [0.25, 0.3) is 0 Å². The zero-order valence-corrected chi connectivity index (χ0v) is 11.0. The van der Waals surface area contributed by atoms with Gasteiger partial charge in [-0.3, -0.25) is 4.79 Å². The van der Waals surface area contributed by atoms with Gasteiger partial charge in [-0.15, -0.1) is 0 Å². The molecule has 1 aromatic rings. The molecule has 1 unspecified atom stereocenters. The third-order valence-corrected chi connectivity index (χ3v) is 3.66. The third kappa shape index (κ3) is 2.20. The molecule has 0 aromatic heterocycles. The van der Waals surface area contributed by atoms with Crippen molar-refractivity contribution in [3.05, 3.63) is 34.9 Å². The van der Waals surface area contributed by atoms with E-state index in [0.717, 1.165) is 11.1 Å². The minimum Gasteiger partial charge on any atom is -0.481 e. The molecule has 1 aromatic carbocycles. The lowest BCUT2D eigenvalue weighted by molar-refractivity contribution is -0.164. The van der Waals surface area contributed by atoms with Crippen LogP contribution in [0.15, 0.2) is 18.2 Å². The molecule has 0 heterocycles. The predicted molar refractivity (Wildman–Crippen MR) is 66.9 cm³/mol. The Labute approximate surface area is 102 Å². The summed E-state index contributed by atoms with van der Waals surface area (Å²) in [6.45, 7) is 8.48. The van der Waals surface area contributed by atoms with Crippen molar-refractivity contribution >= 4 is 5.97 Å². The lowest BCUT2D eigenvalue weighted by atomic mass is 9.71. The van der Waals surface area contributed by atoms with E-state index in [2.05, 4.69) is 0 Å². The second-order valence-corrected chi connectivity index (χ2v) is 5.32. The van der Waals surface area contributed by atoms with Gasteiger partial charge in [0.25, 0.3) is 0 Å². The van der Waals surface area contributed by atoms with E-state index in [-0.39, 0.29) is 0 Å². The first-order valence-electron chi connectivity index (χ1n) is 5.64. The highest BCUT2D eigenvalue weighted by Gasteiger charge is 2.47. The Hall–Kier alpha value is -1.35. The number of aliphatic carboxylic acids is 1. The first-order chi connectivity index (χ1) is 7.60. The number of carboxylic acids is 1. The van der Waals surface area contributed by atoms with Crippen LogP contribution in [-0.4, -0.2) is 16.2 Å². The van der Waals surface area contributed by atoms with Crippen LogP contribution < -0.4 is 0 Å². The topological polar surface area (TPSA) is 57.5 Å². The van der Waals surface area contributed by atoms with Gasteiger partial charge in [-0.05, 0) is 45.7 Å². The smallest absolute Gasteiger partial charge is 0.312 e. The molecule has 1 atom stereocenters. The van der Waals surface area contributed by atoms with Crippen LogP contribution in [0.1, 0.15) is 37.5 Å². The van der Waals surface area contributed by atoms with Crippen molar-refractivity contribution in [1.29, 1.82) is 0 Å². The Morgan fingerprint density at radius 1 is 1.18 bits per heavy atom. The summed E-state index contributed by atoms with van der Waals surface area (Å²) in [5.41, 5.74) is 0.0129. The zero-order chi connectivity index (χ0) is 13.4. The lowest BCUT2D eigenvalue weighted by Crippen LogP contribution is -2.45. The van der Waals surface area contributed by atoms with Crippen molar-refractivity contribution in [3.8, 4) is 0 Å². The van der Waals surface area contributed by atoms with Crippen molar-refractivity contribution in [2.24, 2.45) is 5.41 Å². The molecule has 0 radical (unpaired) electrons. The molecule has 0 spiro atoms. The summed E-state index contributed by atoms with van der Waals surface area (Å²) in [4.78, 5) is 11.3. The highest BCUT2D eigenvalue weighted by atomic mass is 16.4. The SMILES string of the molecule is Cc1ccc(C(C)(O)C(C)(C)C(=O)O)c(C)c1. The maximum atomic E-state index is 11.3. The third-order valence-electron chi connectivity index (χ3n) is 3.66. The molecule has 0 aliphatic carbocycles. The maximum Gasteiger partial charge on any atom is 0.312 e. The number of hydrogen-bond donors (Lipinski definition) is 2. The van der Waals surface area contributed by atoms with Gasteiger partial charge in [0.1, 0.15) is 5.60 Å². The van der Waals surface area contributed by atoms with Crippen LogP contribution in [0.3, 0.4) is 0 Å². The van der Waals surface area contributed by atoms with Crippen LogP contribution in [0.4, 0.5) is 0 Å². The average Bonchev–Trinajstić information content (AvgIpc) is 2.16. The Morgan fingerprint density at radius 2 is 1.71 bits per heavy atom. The van der Waals surface area contributed by atoms with Crippen LogP contribution in [-0.2, 0) is 10.4 Å². The fourth-order valence-electron chi connectivity index (χ4n) is 1.90. The number of aliphatic hydroxyl groups is 1. The molecule has 0 aliphatic heterocycles. The molecule has 2 N–H and O–H groups in total. The molecule has 0 amide bonds. The second kappa shape index (κ2) is 4.15. The molecule has 3 nitrogen and oxygen atoms in total. The van der Waals surface area contributed by atoms with Crippen molar-refractivity contribution in [3.63, 3.8) is 0 Å². The molecule has 0 aliphatic rings. The normalized spacial score (nSPS) is 15.4. The Balaban J connectivity index is 3.35. The summed E-state index contributed by atoms with van der Waals surface area (Å²) in [6, 6.07) is 5.63. The average molecular weight is 236 g/mol. The predicted octanol–water partition coefficient (Wildman–Crippen LogP) is 2.62. The minimum atomic E-state index is -1.41. The van der Waals surface area contributed by atoms with Gasteiger partial charge in [-0.25, -0.2) is 0 Å². The van der Waals surface area contributed by atoms with Crippen LogP contribution >= 0.6 is 0 Å². The summed E-state index contributed by atoms with van der Waals surface area (Å²) in [5.74, 6) is -1.01. The zero-order valence-electron chi connectivity index (χ0n) is 11.0. The fourth-order valence-corrected chi connectivity index (χ4v) is 1.90. The highest BCUT2D eigenvalue weighted by Crippen LogP contribution is 2.40. The number of aryl methyl sites for hydroxylation is 2. The summed E-state index contributed by atoms with van der Waals surface area (Å²) in [7, 11) is 0. The van der Waals surface area contributed by atoms with Crippen LogP contribution in [0.5, 0.6) is 0 Å². The van der Waals surface area contributed by atoms with Crippen LogP contribution in [0, 0.1) is 19.3 Å². The minimum absolute atomic E-state index is 0.663. The molecular formula is C14H20O3. The van der Waals surface area contributed by atoms with E-state index < -0.39 is 17.0 Å². The molecule has 94 valence electrons. The van der Waals surface area contributed by atoms with E-state index in [0.29, 0.717) is 5.56 Å². The van der Waals surface area contributed by atoms with E-state index in [1.165, 1.54) is 13.8 Å². The van der Waals surface area contributed by atoms with Gasteiger partial charge in [0.05, 0.1) is 5.41 Å². The standard InChI is InChI=1S/C14H20O3/c1-9-6-7-11(10(2)8-9)14(5,17)13(3,4)12(15)16/h6-8,17H,1-5H3,(H,15,16). The van der Waals surface area contributed by atoms with Gasteiger partial charge in [0, 0.05) is 0 Å². The first-order valence-corrected chi connectivity index (χ1v) is 5.64. The molecule has 0 bridgehead atoms. The molecule has 1 rings (SSSR count). The second-order valence-electron chi connectivity index (χ2n) is 5.32. The van der Waals surface area contributed by atoms with Gasteiger partial charge < -0.3 is 10.2 Å². The van der Waals surface area contributed by atoms with E-state index >= 15 is 0 Å². The molecule has 0 fully saturated rings. The Morgan fingerprint density at radius 3 is 2.12 bits per heavy atom. The highest BCUT2D eigenvalue weighted by molar-refractivity contribution is 5.75. The van der Waals surface area contributed by atoms with E-state index in [4.69, 9.17) is 0 Å². The fraction of sp³-hybridized carbons (Fsp3) is 0.500. The monoisotopic (exact) mass is 236 g/mol. The van der Waals surface area contributed by atoms with Crippen molar-refractivity contribution in [2.75, 3.05) is 0 Å². The van der Waals surface area contributed by atoms with Gasteiger partial charge in [-0.2, -0.15) is 0 Å². The van der Waals surface area contributed by atoms with E-state index in [1.807, 2.05) is 26.0 Å². The van der Waals surface area contributed by atoms with Gasteiger partial charge in [-0.1, -0.05) is 23.8 Å². The first kappa shape index (κ1) is 13.7. The number of rotatable bonds is 3. The molecule has 0 saturated heterocycles. The summed E-state index contributed by atoms with van der Waals surface area (Å²) < 4.78 is 0. The van der Waals surface area contributed by atoms with Crippen molar-refractivity contribution < 1.29 is 15.0 Å². The number of carbonyl (C=O) groups is 1. The number of benzene rings is 1. The van der Waals surface area contributed by atoms with E-state index in [9.17, 15) is 15.0 Å². The van der Waals surface area contributed by atoms with Gasteiger partial charge >= 0.3 is 5.97 Å². The van der Waals surface area contributed by atoms with Crippen LogP contribution in [0.2, 0.25) is 0 Å². The molecule has 17 heavy (non-hydrogen) atoms.